The molecule has 1 unspecified atom stereocenters. The van der Waals surface area contributed by atoms with Crippen molar-refractivity contribution in [1.82, 2.24) is 5.32 Å². The minimum atomic E-state index is 0.277. The molecule has 4 heteroatoms. The van der Waals surface area contributed by atoms with E-state index in [0.29, 0.717) is 6.04 Å². The van der Waals surface area contributed by atoms with E-state index in [1.54, 1.807) is 7.11 Å². The standard InChI is InChI=1S/C15H25NO2S/c1-3-8-16-15(12-19-10-5-9-17)13-6-4-7-14(11-13)18-2/h4,6-7,11,15-17H,3,5,8-10,12H2,1-2H3. The van der Waals surface area contributed by atoms with Crippen molar-refractivity contribution in [2.45, 2.75) is 25.8 Å². The Balaban J connectivity index is 2.60. The van der Waals surface area contributed by atoms with E-state index in [1.807, 2.05) is 23.9 Å². The van der Waals surface area contributed by atoms with Crippen LogP contribution < -0.4 is 10.1 Å². The van der Waals surface area contributed by atoms with Gasteiger partial charge in [0.05, 0.1) is 7.11 Å². The van der Waals surface area contributed by atoms with Crippen LogP contribution in [0.2, 0.25) is 0 Å². The summed E-state index contributed by atoms with van der Waals surface area (Å²) in [5, 5.41) is 12.4. The van der Waals surface area contributed by atoms with Crippen molar-refractivity contribution in [3.05, 3.63) is 29.8 Å². The van der Waals surface area contributed by atoms with Gasteiger partial charge in [-0.15, -0.1) is 0 Å². The fourth-order valence-electron chi connectivity index (χ4n) is 1.82. The van der Waals surface area contributed by atoms with E-state index in [-0.39, 0.29) is 6.61 Å². The second kappa shape index (κ2) is 10.1. The molecule has 0 aromatic heterocycles. The van der Waals surface area contributed by atoms with Crippen LogP contribution in [0.1, 0.15) is 31.4 Å². The summed E-state index contributed by atoms with van der Waals surface area (Å²) in [4.78, 5) is 0. The number of aliphatic hydroxyl groups excluding tert-OH is 1. The van der Waals surface area contributed by atoms with E-state index in [4.69, 9.17) is 9.84 Å². The van der Waals surface area contributed by atoms with Crippen LogP contribution in [-0.2, 0) is 0 Å². The molecule has 0 saturated carbocycles. The topological polar surface area (TPSA) is 41.5 Å². The van der Waals surface area contributed by atoms with E-state index >= 15 is 0 Å². The maximum Gasteiger partial charge on any atom is 0.119 e. The summed E-state index contributed by atoms with van der Waals surface area (Å²) in [7, 11) is 1.70. The van der Waals surface area contributed by atoms with Gasteiger partial charge in [0.2, 0.25) is 0 Å². The lowest BCUT2D eigenvalue weighted by atomic mass is 10.1. The summed E-state index contributed by atoms with van der Waals surface area (Å²) >= 11 is 1.88. The molecule has 0 saturated heterocycles. The number of thioether (sulfide) groups is 1. The van der Waals surface area contributed by atoms with Gasteiger partial charge in [0.1, 0.15) is 5.75 Å². The van der Waals surface area contributed by atoms with Crippen molar-refractivity contribution in [3.8, 4) is 5.75 Å². The van der Waals surface area contributed by atoms with E-state index in [1.165, 1.54) is 5.56 Å². The highest BCUT2D eigenvalue weighted by Crippen LogP contribution is 2.22. The summed E-state index contributed by atoms with van der Waals surface area (Å²) < 4.78 is 5.28. The minimum absolute atomic E-state index is 0.277. The SMILES string of the molecule is CCCNC(CSCCCO)c1cccc(OC)c1. The number of benzene rings is 1. The minimum Gasteiger partial charge on any atom is -0.497 e. The van der Waals surface area contributed by atoms with Gasteiger partial charge in [0.25, 0.3) is 0 Å². The molecule has 108 valence electrons. The predicted octanol–water partition coefficient (Wildman–Crippen LogP) is 2.85. The quantitative estimate of drug-likeness (QED) is 0.648. The average molecular weight is 283 g/mol. The van der Waals surface area contributed by atoms with Gasteiger partial charge in [-0.2, -0.15) is 11.8 Å². The molecule has 0 aliphatic rings. The number of hydrogen-bond acceptors (Lipinski definition) is 4. The first-order valence-electron chi connectivity index (χ1n) is 6.87. The Morgan fingerprint density at radius 3 is 2.95 bits per heavy atom. The van der Waals surface area contributed by atoms with E-state index < -0.39 is 0 Å². The van der Waals surface area contributed by atoms with Crippen molar-refractivity contribution in [2.75, 3.05) is 31.8 Å². The molecular formula is C15H25NO2S. The summed E-state index contributed by atoms with van der Waals surface area (Å²) in [5.74, 6) is 2.93. The average Bonchev–Trinajstić information content (AvgIpc) is 2.46. The predicted molar refractivity (Wildman–Crippen MR) is 83.1 cm³/mol. The zero-order valence-electron chi connectivity index (χ0n) is 11.9. The number of ether oxygens (including phenoxy) is 1. The maximum atomic E-state index is 8.81. The molecule has 0 fully saturated rings. The van der Waals surface area contributed by atoms with Crippen molar-refractivity contribution in [1.29, 1.82) is 0 Å². The molecule has 3 nitrogen and oxygen atoms in total. The first kappa shape index (κ1) is 16.3. The van der Waals surface area contributed by atoms with Crippen LogP contribution in [0.15, 0.2) is 24.3 Å². The molecule has 0 radical (unpaired) electrons. The zero-order chi connectivity index (χ0) is 13.9. The number of aliphatic hydroxyl groups is 1. The van der Waals surface area contributed by atoms with Crippen molar-refractivity contribution in [3.63, 3.8) is 0 Å². The normalized spacial score (nSPS) is 12.4. The second-order valence-electron chi connectivity index (χ2n) is 4.44. The van der Waals surface area contributed by atoms with Gasteiger partial charge < -0.3 is 15.2 Å². The van der Waals surface area contributed by atoms with Gasteiger partial charge in [0.15, 0.2) is 0 Å². The summed E-state index contributed by atoms with van der Waals surface area (Å²) in [5.41, 5.74) is 1.27. The molecule has 1 aromatic carbocycles. The summed E-state index contributed by atoms with van der Waals surface area (Å²) in [6.45, 7) is 3.47. The Morgan fingerprint density at radius 2 is 2.26 bits per heavy atom. The fourth-order valence-corrected chi connectivity index (χ4v) is 2.86. The monoisotopic (exact) mass is 283 g/mol. The first-order chi connectivity index (χ1) is 9.31. The Labute approximate surface area is 120 Å². The number of rotatable bonds is 10. The molecule has 0 spiro atoms. The number of hydrogen-bond donors (Lipinski definition) is 2. The molecule has 1 atom stereocenters. The van der Waals surface area contributed by atoms with Gasteiger partial charge in [-0.1, -0.05) is 19.1 Å². The molecule has 0 heterocycles. The lowest BCUT2D eigenvalue weighted by molar-refractivity contribution is 0.296. The van der Waals surface area contributed by atoms with Gasteiger partial charge >= 0.3 is 0 Å². The second-order valence-corrected chi connectivity index (χ2v) is 5.59. The lowest BCUT2D eigenvalue weighted by Crippen LogP contribution is -2.24. The third kappa shape index (κ3) is 6.32. The molecule has 0 aliphatic carbocycles. The van der Waals surface area contributed by atoms with Crippen LogP contribution in [0, 0.1) is 0 Å². The molecule has 1 aromatic rings. The van der Waals surface area contributed by atoms with E-state index in [9.17, 15) is 0 Å². The van der Waals surface area contributed by atoms with Crippen molar-refractivity contribution in [2.24, 2.45) is 0 Å². The largest absolute Gasteiger partial charge is 0.497 e. The molecule has 0 bridgehead atoms. The molecule has 0 amide bonds. The van der Waals surface area contributed by atoms with E-state index in [0.717, 1.165) is 36.6 Å². The van der Waals surface area contributed by atoms with Crippen LogP contribution in [0.3, 0.4) is 0 Å². The third-order valence-electron chi connectivity index (χ3n) is 2.87. The molecular weight excluding hydrogens is 258 g/mol. The molecule has 1 rings (SSSR count). The highest BCUT2D eigenvalue weighted by molar-refractivity contribution is 7.99. The van der Waals surface area contributed by atoms with Gasteiger partial charge in [-0.05, 0) is 42.8 Å². The van der Waals surface area contributed by atoms with E-state index in [2.05, 4.69) is 24.4 Å². The van der Waals surface area contributed by atoms with Gasteiger partial charge in [0, 0.05) is 18.4 Å². The Morgan fingerprint density at radius 1 is 1.42 bits per heavy atom. The Bertz CT molecular complexity index is 347. The zero-order valence-corrected chi connectivity index (χ0v) is 12.7. The Hall–Kier alpha value is -0.710. The van der Waals surface area contributed by atoms with Crippen LogP contribution in [-0.4, -0.2) is 36.9 Å². The number of methoxy groups -OCH3 is 1. The lowest BCUT2D eigenvalue weighted by Gasteiger charge is -2.19. The highest BCUT2D eigenvalue weighted by Gasteiger charge is 2.11. The molecule has 2 N–H and O–H groups in total. The van der Waals surface area contributed by atoms with Crippen molar-refractivity contribution >= 4 is 11.8 Å². The van der Waals surface area contributed by atoms with Crippen LogP contribution in [0.4, 0.5) is 0 Å². The maximum absolute atomic E-state index is 8.81. The highest BCUT2D eigenvalue weighted by atomic mass is 32.2. The van der Waals surface area contributed by atoms with Crippen LogP contribution in [0.5, 0.6) is 5.75 Å². The van der Waals surface area contributed by atoms with Gasteiger partial charge in [-0.25, -0.2) is 0 Å². The molecule has 19 heavy (non-hydrogen) atoms. The smallest absolute Gasteiger partial charge is 0.119 e. The third-order valence-corrected chi connectivity index (χ3v) is 4.01. The summed E-state index contributed by atoms with van der Waals surface area (Å²) in [6, 6.07) is 8.59. The van der Waals surface area contributed by atoms with Gasteiger partial charge in [-0.3, -0.25) is 0 Å². The number of nitrogens with one attached hydrogen (secondary N) is 1. The first-order valence-corrected chi connectivity index (χ1v) is 8.03. The Kier molecular flexibility index (Phi) is 8.71. The van der Waals surface area contributed by atoms with Crippen LogP contribution >= 0.6 is 11.8 Å². The van der Waals surface area contributed by atoms with Crippen LogP contribution in [0.25, 0.3) is 0 Å². The molecule has 0 aliphatic heterocycles. The fraction of sp³-hybridized carbons (Fsp3) is 0.600. The van der Waals surface area contributed by atoms with Crippen molar-refractivity contribution < 1.29 is 9.84 Å². The summed E-state index contributed by atoms with van der Waals surface area (Å²) in [6.07, 6.45) is 1.99.